The highest BCUT2D eigenvalue weighted by molar-refractivity contribution is 5.53. The van der Waals surface area contributed by atoms with E-state index in [1.807, 2.05) is 6.19 Å². The van der Waals surface area contributed by atoms with Crippen molar-refractivity contribution in [3.8, 4) is 6.19 Å². The summed E-state index contributed by atoms with van der Waals surface area (Å²) in [5, 5.41) is 30.9. The third kappa shape index (κ3) is 3.34. The first-order valence-electron chi connectivity index (χ1n) is 6.16. The van der Waals surface area contributed by atoms with Gasteiger partial charge in [0, 0.05) is 12.1 Å². The second-order valence-electron chi connectivity index (χ2n) is 4.39. The number of rotatable bonds is 5. The summed E-state index contributed by atoms with van der Waals surface area (Å²) in [4.78, 5) is 21.6. The van der Waals surface area contributed by atoms with Crippen molar-refractivity contribution in [1.29, 1.82) is 5.26 Å². The maximum atomic E-state index is 10.9. The molecule has 0 amide bonds. The minimum atomic E-state index is -0.699. The van der Waals surface area contributed by atoms with Crippen LogP contribution in [0.4, 0.5) is 17.1 Å². The standard InChI is InChI=1S/C14H10N4O4/c15-10-16(12-4-2-1-3-5-12)9-11-6-13(17(19)20)8-14(7-11)18(21)22/h1-8H,9H2. The van der Waals surface area contributed by atoms with Crippen LogP contribution in [0.2, 0.25) is 0 Å². The summed E-state index contributed by atoms with van der Waals surface area (Å²) in [6.07, 6.45) is 1.96. The quantitative estimate of drug-likeness (QED) is 0.363. The number of hydrogen-bond donors (Lipinski definition) is 0. The van der Waals surface area contributed by atoms with Crippen molar-refractivity contribution in [1.82, 2.24) is 0 Å². The number of benzene rings is 2. The van der Waals surface area contributed by atoms with Crippen LogP contribution in [0.25, 0.3) is 0 Å². The van der Waals surface area contributed by atoms with Gasteiger partial charge in [0.05, 0.1) is 28.1 Å². The topological polar surface area (TPSA) is 113 Å². The summed E-state index contributed by atoms with van der Waals surface area (Å²) in [5.41, 5.74) is 0.149. The van der Waals surface area contributed by atoms with Gasteiger partial charge >= 0.3 is 0 Å². The van der Waals surface area contributed by atoms with Crippen LogP contribution in [0.3, 0.4) is 0 Å². The Labute approximate surface area is 125 Å². The first-order valence-corrected chi connectivity index (χ1v) is 6.16. The van der Waals surface area contributed by atoms with E-state index in [9.17, 15) is 25.5 Å². The fraction of sp³-hybridized carbons (Fsp3) is 0.0714. The van der Waals surface area contributed by atoms with E-state index in [0.717, 1.165) is 6.07 Å². The summed E-state index contributed by atoms with van der Waals surface area (Å²) in [6.45, 7) is 0.00301. The summed E-state index contributed by atoms with van der Waals surface area (Å²) in [7, 11) is 0. The van der Waals surface area contributed by atoms with Crippen LogP contribution in [0.5, 0.6) is 0 Å². The van der Waals surface area contributed by atoms with Gasteiger partial charge in [0.15, 0.2) is 6.19 Å². The van der Waals surface area contributed by atoms with E-state index in [1.165, 1.54) is 17.0 Å². The van der Waals surface area contributed by atoms with Gasteiger partial charge < -0.3 is 0 Å². The first-order chi connectivity index (χ1) is 10.5. The number of anilines is 1. The van der Waals surface area contributed by atoms with Gasteiger partial charge in [-0.2, -0.15) is 5.26 Å². The third-order valence-electron chi connectivity index (χ3n) is 2.91. The lowest BCUT2D eigenvalue weighted by molar-refractivity contribution is -0.394. The highest BCUT2D eigenvalue weighted by Gasteiger charge is 2.18. The fourth-order valence-electron chi connectivity index (χ4n) is 1.93. The van der Waals surface area contributed by atoms with Crippen molar-refractivity contribution >= 4 is 17.1 Å². The molecule has 0 fully saturated rings. The lowest BCUT2D eigenvalue weighted by atomic mass is 10.1. The van der Waals surface area contributed by atoms with Crippen molar-refractivity contribution in [2.24, 2.45) is 0 Å². The molecule has 0 bridgehead atoms. The van der Waals surface area contributed by atoms with Crippen LogP contribution in [0.15, 0.2) is 48.5 Å². The second kappa shape index (κ2) is 6.32. The molecule has 8 heteroatoms. The van der Waals surface area contributed by atoms with E-state index < -0.39 is 9.85 Å². The largest absolute Gasteiger partial charge is 0.276 e. The van der Waals surface area contributed by atoms with Gasteiger partial charge in [-0.3, -0.25) is 25.1 Å². The second-order valence-corrected chi connectivity index (χ2v) is 4.39. The monoisotopic (exact) mass is 298 g/mol. The van der Waals surface area contributed by atoms with Gasteiger partial charge in [0.25, 0.3) is 11.4 Å². The van der Waals surface area contributed by atoms with Gasteiger partial charge in [0.1, 0.15) is 0 Å². The van der Waals surface area contributed by atoms with E-state index in [0.29, 0.717) is 11.3 Å². The Hall–Kier alpha value is -3.47. The molecular weight excluding hydrogens is 288 g/mol. The summed E-state index contributed by atoms with van der Waals surface area (Å²) < 4.78 is 0. The minimum absolute atomic E-state index is 0.00301. The normalized spacial score (nSPS) is 9.77. The Bertz CT molecular complexity index is 723. The van der Waals surface area contributed by atoms with Crippen LogP contribution in [0.1, 0.15) is 5.56 Å². The molecule has 0 N–H and O–H groups in total. The van der Waals surface area contributed by atoms with Crippen LogP contribution in [-0.4, -0.2) is 9.85 Å². The molecule has 2 aromatic rings. The number of nitro benzene ring substituents is 2. The minimum Gasteiger partial charge on any atom is -0.275 e. The Morgan fingerprint density at radius 2 is 1.55 bits per heavy atom. The predicted molar refractivity (Wildman–Crippen MR) is 78.0 cm³/mol. The van der Waals surface area contributed by atoms with Crippen molar-refractivity contribution in [2.75, 3.05) is 4.90 Å². The Kier molecular flexibility index (Phi) is 4.29. The van der Waals surface area contributed by atoms with Gasteiger partial charge in [-0.1, -0.05) is 18.2 Å². The average molecular weight is 298 g/mol. The lowest BCUT2D eigenvalue weighted by Gasteiger charge is -2.15. The molecule has 110 valence electrons. The highest BCUT2D eigenvalue weighted by atomic mass is 16.6. The van der Waals surface area contributed by atoms with Gasteiger partial charge in [0.2, 0.25) is 0 Å². The fourth-order valence-corrected chi connectivity index (χ4v) is 1.93. The van der Waals surface area contributed by atoms with E-state index in [-0.39, 0.29) is 17.9 Å². The van der Waals surface area contributed by atoms with Crippen molar-refractivity contribution in [3.63, 3.8) is 0 Å². The van der Waals surface area contributed by atoms with Crippen molar-refractivity contribution in [2.45, 2.75) is 6.54 Å². The average Bonchev–Trinajstić information content (AvgIpc) is 2.53. The molecule has 0 saturated carbocycles. The van der Waals surface area contributed by atoms with Gasteiger partial charge in [-0.25, -0.2) is 0 Å². The molecule has 0 radical (unpaired) electrons. The predicted octanol–water partition coefficient (Wildman–Crippen LogP) is 2.99. The number of non-ortho nitro benzene ring substituents is 2. The number of nitriles is 1. The molecule has 8 nitrogen and oxygen atoms in total. The molecule has 0 aromatic heterocycles. The molecule has 2 aromatic carbocycles. The molecule has 2 rings (SSSR count). The summed E-state index contributed by atoms with van der Waals surface area (Å²) >= 11 is 0. The number of nitrogens with zero attached hydrogens (tertiary/aromatic N) is 4. The van der Waals surface area contributed by atoms with Crippen molar-refractivity contribution in [3.05, 3.63) is 74.3 Å². The Morgan fingerprint density at radius 1 is 1.00 bits per heavy atom. The molecule has 0 aliphatic carbocycles. The molecule has 0 spiro atoms. The summed E-state index contributed by atoms with van der Waals surface area (Å²) in [6, 6.07) is 12.0. The molecule has 0 saturated heterocycles. The number of para-hydroxylation sites is 1. The maximum absolute atomic E-state index is 10.9. The van der Waals surface area contributed by atoms with Gasteiger partial charge in [-0.05, 0) is 17.7 Å². The summed E-state index contributed by atoms with van der Waals surface area (Å²) in [5.74, 6) is 0. The maximum Gasteiger partial charge on any atom is 0.276 e. The van der Waals surface area contributed by atoms with Crippen LogP contribution < -0.4 is 4.90 Å². The van der Waals surface area contributed by atoms with E-state index in [2.05, 4.69) is 0 Å². The zero-order valence-corrected chi connectivity index (χ0v) is 11.2. The number of nitro groups is 2. The number of hydrogen-bond acceptors (Lipinski definition) is 6. The molecule has 0 unspecified atom stereocenters. The SMILES string of the molecule is N#CN(Cc1cc([N+](=O)[O-])cc([N+](=O)[O-])c1)c1ccccc1. The van der Waals surface area contributed by atoms with Crippen LogP contribution in [0, 0.1) is 31.7 Å². The Morgan fingerprint density at radius 3 is 2.00 bits per heavy atom. The molecule has 22 heavy (non-hydrogen) atoms. The van der Waals surface area contributed by atoms with Gasteiger partial charge in [-0.15, -0.1) is 0 Å². The van der Waals surface area contributed by atoms with E-state index in [1.54, 1.807) is 30.3 Å². The molecule has 0 aliphatic heterocycles. The Balaban J connectivity index is 2.38. The molecule has 0 heterocycles. The smallest absolute Gasteiger partial charge is 0.275 e. The van der Waals surface area contributed by atoms with E-state index in [4.69, 9.17) is 0 Å². The highest BCUT2D eigenvalue weighted by Crippen LogP contribution is 2.25. The lowest BCUT2D eigenvalue weighted by Crippen LogP contribution is -2.15. The van der Waals surface area contributed by atoms with Crippen LogP contribution >= 0.6 is 0 Å². The van der Waals surface area contributed by atoms with E-state index >= 15 is 0 Å². The van der Waals surface area contributed by atoms with Crippen molar-refractivity contribution < 1.29 is 9.85 Å². The zero-order chi connectivity index (χ0) is 16.1. The third-order valence-corrected chi connectivity index (χ3v) is 2.91. The first kappa shape index (κ1) is 14.9. The molecule has 0 atom stereocenters. The zero-order valence-electron chi connectivity index (χ0n) is 11.2. The molecule has 0 aliphatic rings. The van der Waals surface area contributed by atoms with Crippen LogP contribution in [-0.2, 0) is 6.54 Å². The molecular formula is C14H10N4O4.